The molecule has 0 radical (unpaired) electrons. The number of hydrogen-bond acceptors (Lipinski definition) is 4. The molecule has 4 saturated carbocycles. The quantitative estimate of drug-likeness (QED) is 0.175. The molecule has 4 bridgehead atoms. The van der Waals surface area contributed by atoms with E-state index in [1.165, 1.54) is 65.5 Å². The van der Waals surface area contributed by atoms with Crippen molar-refractivity contribution >= 4 is 21.9 Å². The SMILES string of the molecule is c1ccc(-c2ccc(-c3nc(-c4ccc5c(c4)oc4cccc(-c6ccccc6)c45)nc(-c4cccc5c4C4(c6ccccc6-5)C5CC6CC(C5)CC4C6)n3)cc2)cc1. The molecule has 5 aliphatic rings. The van der Waals surface area contributed by atoms with Gasteiger partial charge in [-0.3, -0.25) is 0 Å². The van der Waals surface area contributed by atoms with Crippen LogP contribution >= 0.6 is 0 Å². The smallest absolute Gasteiger partial charge is 0.164 e. The average molecular weight is 760 g/mol. The fourth-order valence-corrected chi connectivity index (χ4v) is 12.4. The van der Waals surface area contributed by atoms with Gasteiger partial charge in [0, 0.05) is 32.9 Å². The fraction of sp³-hybridized carbons (Fsp3) is 0.182. The zero-order chi connectivity index (χ0) is 38.7. The van der Waals surface area contributed by atoms with E-state index in [-0.39, 0.29) is 5.41 Å². The second-order valence-corrected chi connectivity index (χ2v) is 17.6. The summed E-state index contributed by atoms with van der Waals surface area (Å²) in [4.78, 5) is 16.2. The Kier molecular flexibility index (Phi) is 7.16. The van der Waals surface area contributed by atoms with E-state index in [1.807, 2.05) is 0 Å². The van der Waals surface area contributed by atoms with Crippen LogP contribution in [0.25, 0.3) is 89.5 Å². The van der Waals surface area contributed by atoms with Crippen LogP contribution in [-0.4, -0.2) is 15.0 Å². The van der Waals surface area contributed by atoms with Gasteiger partial charge in [0.1, 0.15) is 11.2 Å². The van der Waals surface area contributed by atoms with Crippen LogP contribution in [0.3, 0.4) is 0 Å². The van der Waals surface area contributed by atoms with Crippen molar-refractivity contribution in [2.45, 2.75) is 37.5 Å². The first kappa shape index (κ1) is 33.3. The van der Waals surface area contributed by atoms with E-state index in [4.69, 9.17) is 19.4 Å². The van der Waals surface area contributed by atoms with Crippen molar-refractivity contribution in [3.8, 4) is 67.5 Å². The number of hydrogen-bond donors (Lipinski definition) is 0. The molecular formula is C55H41N3O. The second-order valence-electron chi connectivity index (χ2n) is 17.6. The molecule has 0 saturated heterocycles. The van der Waals surface area contributed by atoms with Gasteiger partial charge in [-0.15, -0.1) is 0 Å². The summed E-state index contributed by atoms with van der Waals surface area (Å²) in [6, 6.07) is 58.7. The van der Waals surface area contributed by atoms with Gasteiger partial charge in [-0.2, -0.15) is 0 Å². The number of benzene rings is 7. The Morgan fingerprint density at radius 1 is 0.407 bits per heavy atom. The summed E-state index contributed by atoms with van der Waals surface area (Å²) in [5.74, 6) is 5.04. The van der Waals surface area contributed by atoms with E-state index in [9.17, 15) is 0 Å². The summed E-state index contributed by atoms with van der Waals surface area (Å²) in [5.41, 5.74) is 15.1. The molecule has 1 spiro atoms. The summed E-state index contributed by atoms with van der Waals surface area (Å²) >= 11 is 0. The van der Waals surface area contributed by atoms with Gasteiger partial charge in [-0.1, -0.05) is 146 Å². The summed E-state index contributed by atoms with van der Waals surface area (Å²) in [6.45, 7) is 0. The Morgan fingerprint density at radius 3 is 1.73 bits per heavy atom. The van der Waals surface area contributed by atoms with Crippen molar-refractivity contribution in [3.63, 3.8) is 0 Å². The first-order valence-electron chi connectivity index (χ1n) is 21.4. The highest BCUT2D eigenvalue weighted by Crippen LogP contribution is 2.70. The molecular weight excluding hydrogens is 719 g/mol. The van der Waals surface area contributed by atoms with Gasteiger partial charge in [0.2, 0.25) is 0 Å². The number of fused-ring (bicyclic) bond motifs is 6. The second kappa shape index (κ2) is 12.7. The fourth-order valence-electron chi connectivity index (χ4n) is 12.4. The lowest BCUT2D eigenvalue weighted by molar-refractivity contribution is -0.0397. The van der Waals surface area contributed by atoms with Gasteiger partial charge in [-0.05, 0) is 118 Å². The maximum Gasteiger partial charge on any atom is 0.164 e. The Labute approximate surface area is 343 Å². The highest BCUT2D eigenvalue weighted by molar-refractivity contribution is 6.13. The minimum Gasteiger partial charge on any atom is -0.456 e. The third kappa shape index (κ3) is 4.93. The first-order chi connectivity index (χ1) is 29.2. The maximum atomic E-state index is 6.62. The van der Waals surface area contributed by atoms with E-state index in [1.54, 1.807) is 0 Å². The Hall–Kier alpha value is -6.65. The lowest BCUT2D eigenvalue weighted by Crippen LogP contribution is -2.55. The predicted molar refractivity (Wildman–Crippen MR) is 238 cm³/mol. The van der Waals surface area contributed by atoms with Crippen LogP contribution in [0.5, 0.6) is 0 Å². The molecule has 5 aliphatic carbocycles. The average Bonchev–Trinajstić information content (AvgIpc) is 3.82. The highest BCUT2D eigenvalue weighted by Gasteiger charge is 2.62. The van der Waals surface area contributed by atoms with Crippen LogP contribution < -0.4 is 0 Å². The third-order valence-corrected chi connectivity index (χ3v) is 14.5. The van der Waals surface area contributed by atoms with Gasteiger partial charge < -0.3 is 4.42 Å². The van der Waals surface area contributed by atoms with Gasteiger partial charge in [-0.25, -0.2) is 15.0 Å². The number of furan rings is 1. The Morgan fingerprint density at radius 2 is 0.966 bits per heavy atom. The standard InChI is InChI=1S/C55H41N3O/c1-3-11-35(12-4-1)36-21-23-38(24-22-36)52-56-53(39-25-26-45-49(32-39)59-48-20-10-16-42(50(45)48)37-13-5-2-6-14-37)58-54(57-52)46-18-9-17-44-43-15-7-8-19-47(43)55(51(44)46)40-28-33-27-34(30-40)31-41(55)29-33/h1-26,32-34,40-41H,27-31H2. The van der Waals surface area contributed by atoms with E-state index < -0.39 is 0 Å². The van der Waals surface area contributed by atoms with Crippen LogP contribution in [-0.2, 0) is 5.41 Å². The maximum absolute atomic E-state index is 6.62. The third-order valence-electron chi connectivity index (χ3n) is 14.5. The minimum atomic E-state index is -0.0239. The molecule has 4 heteroatoms. The Bertz CT molecular complexity index is 3080. The Balaban J connectivity index is 1.01. The summed E-state index contributed by atoms with van der Waals surface area (Å²) in [5, 5.41) is 2.20. The normalized spacial score (nSPS) is 22.3. The molecule has 7 aromatic carbocycles. The zero-order valence-electron chi connectivity index (χ0n) is 32.7. The molecule has 9 aromatic rings. The number of rotatable bonds is 5. The van der Waals surface area contributed by atoms with Crippen molar-refractivity contribution in [2.75, 3.05) is 0 Å². The molecule has 0 aliphatic heterocycles. The summed E-state index contributed by atoms with van der Waals surface area (Å²) in [6.07, 6.45) is 6.70. The molecule has 282 valence electrons. The van der Waals surface area contributed by atoms with Crippen molar-refractivity contribution < 1.29 is 4.42 Å². The van der Waals surface area contributed by atoms with E-state index in [0.717, 1.165) is 67.4 Å². The molecule has 4 fully saturated rings. The molecule has 0 amide bonds. The van der Waals surface area contributed by atoms with Gasteiger partial charge in [0.05, 0.1) is 0 Å². The van der Waals surface area contributed by atoms with Crippen molar-refractivity contribution in [1.82, 2.24) is 15.0 Å². The van der Waals surface area contributed by atoms with E-state index in [2.05, 4.69) is 164 Å². The van der Waals surface area contributed by atoms with Crippen LogP contribution in [0.1, 0.15) is 43.2 Å². The molecule has 2 aromatic heterocycles. The van der Waals surface area contributed by atoms with E-state index in [0.29, 0.717) is 23.5 Å². The number of aromatic nitrogens is 3. The van der Waals surface area contributed by atoms with Crippen LogP contribution in [0, 0.1) is 23.7 Å². The summed E-state index contributed by atoms with van der Waals surface area (Å²) < 4.78 is 6.62. The molecule has 14 rings (SSSR count). The lowest BCUT2D eigenvalue weighted by atomic mass is 9.43. The largest absolute Gasteiger partial charge is 0.456 e. The van der Waals surface area contributed by atoms with Crippen molar-refractivity contribution in [1.29, 1.82) is 0 Å². The van der Waals surface area contributed by atoms with Crippen molar-refractivity contribution in [3.05, 3.63) is 175 Å². The molecule has 4 nitrogen and oxygen atoms in total. The molecule has 0 unspecified atom stereocenters. The zero-order valence-corrected chi connectivity index (χ0v) is 32.7. The predicted octanol–water partition coefficient (Wildman–Crippen LogP) is 13.8. The topological polar surface area (TPSA) is 51.8 Å². The van der Waals surface area contributed by atoms with Crippen LogP contribution in [0.4, 0.5) is 0 Å². The van der Waals surface area contributed by atoms with Crippen LogP contribution in [0.15, 0.2) is 168 Å². The molecule has 2 heterocycles. The van der Waals surface area contributed by atoms with Crippen LogP contribution in [0.2, 0.25) is 0 Å². The highest BCUT2D eigenvalue weighted by atomic mass is 16.3. The first-order valence-corrected chi connectivity index (χ1v) is 21.4. The van der Waals surface area contributed by atoms with Gasteiger partial charge >= 0.3 is 0 Å². The lowest BCUT2D eigenvalue weighted by Gasteiger charge is -2.61. The van der Waals surface area contributed by atoms with E-state index >= 15 is 0 Å². The number of nitrogens with zero attached hydrogens (tertiary/aromatic N) is 3. The molecule has 59 heavy (non-hydrogen) atoms. The van der Waals surface area contributed by atoms with Crippen molar-refractivity contribution in [2.24, 2.45) is 23.7 Å². The van der Waals surface area contributed by atoms with Gasteiger partial charge in [0.15, 0.2) is 17.5 Å². The molecule has 0 atom stereocenters. The monoisotopic (exact) mass is 759 g/mol. The minimum absolute atomic E-state index is 0.0239. The summed E-state index contributed by atoms with van der Waals surface area (Å²) in [7, 11) is 0. The van der Waals surface area contributed by atoms with Gasteiger partial charge in [0.25, 0.3) is 0 Å². The molecule has 0 N–H and O–H groups in total.